The molecule has 1 fully saturated rings. The Morgan fingerprint density at radius 1 is 1.10 bits per heavy atom. The molecule has 1 N–H and O–H groups in total. The van der Waals surface area contributed by atoms with Crippen LogP contribution in [-0.2, 0) is 0 Å². The van der Waals surface area contributed by atoms with Crippen molar-refractivity contribution in [1.29, 1.82) is 0 Å². The molecule has 0 heterocycles. The fraction of sp³-hybridized carbons (Fsp3) is 0.684. The molecule has 1 aliphatic rings. The molecule has 21 heavy (non-hydrogen) atoms. The lowest BCUT2D eigenvalue weighted by atomic mass is 9.98. The predicted molar refractivity (Wildman–Crippen MR) is 91.8 cm³/mol. The topological polar surface area (TPSA) is 15.3 Å². The second kappa shape index (κ2) is 7.95. The highest BCUT2D eigenvalue weighted by molar-refractivity contribution is 5.27. The Kier molecular flexibility index (Phi) is 6.25. The minimum atomic E-state index is 0.437. The highest BCUT2D eigenvalue weighted by Crippen LogP contribution is 2.26. The maximum atomic E-state index is 3.51. The van der Waals surface area contributed by atoms with Gasteiger partial charge in [-0.2, -0.15) is 0 Å². The standard InChI is InChI=1S/C19H32N2/c1-5-21(18-8-6-7-9-18)14-19(20-4)17-12-10-16(11-13-17)15(2)3/h10-13,15,18-20H,5-9,14H2,1-4H3. The lowest BCUT2D eigenvalue weighted by Gasteiger charge is -2.31. The van der Waals surface area contributed by atoms with Gasteiger partial charge in [0.2, 0.25) is 0 Å². The molecule has 0 aromatic heterocycles. The molecule has 1 unspecified atom stereocenters. The van der Waals surface area contributed by atoms with E-state index in [9.17, 15) is 0 Å². The molecule has 1 aliphatic carbocycles. The summed E-state index contributed by atoms with van der Waals surface area (Å²) in [5, 5.41) is 3.51. The van der Waals surface area contributed by atoms with Crippen molar-refractivity contribution in [1.82, 2.24) is 10.2 Å². The quantitative estimate of drug-likeness (QED) is 0.803. The minimum absolute atomic E-state index is 0.437. The zero-order chi connectivity index (χ0) is 15.2. The van der Waals surface area contributed by atoms with Gasteiger partial charge in [-0.05, 0) is 43.5 Å². The first kappa shape index (κ1) is 16.5. The Balaban J connectivity index is 2.03. The molecule has 0 bridgehead atoms. The summed E-state index contributed by atoms with van der Waals surface area (Å²) in [6.07, 6.45) is 5.59. The maximum Gasteiger partial charge on any atom is 0.0446 e. The summed E-state index contributed by atoms with van der Waals surface area (Å²) in [7, 11) is 2.09. The summed E-state index contributed by atoms with van der Waals surface area (Å²) in [5.74, 6) is 0.609. The smallest absolute Gasteiger partial charge is 0.0446 e. The van der Waals surface area contributed by atoms with Crippen LogP contribution in [0.5, 0.6) is 0 Å². The Morgan fingerprint density at radius 2 is 1.67 bits per heavy atom. The van der Waals surface area contributed by atoms with E-state index in [1.807, 2.05) is 0 Å². The molecule has 1 atom stereocenters. The van der Waals surface area contributed by atoms with Gasteiger partial charge in [-0.1, -0.05) is 57.9 Å². The SMILES string of the molecule is CCN(CC(NC)c1ccc(C(C)C)cc1)C1CCCC1. The third-order valence-electron chi connectivity index (χ3n) is 5.02. The van der Waals surface area contributed by atoms with Crippen LogP contribution in [0.25, 0.3) is 0 Å². The van der Waals surface area contributed by atoms with Crippen molar-refractivity contribution in [2.75, 3.05) is 20.1 Å². The van der Waals surface area contributed by atoms with Crippen molar-refractivity contribution in [2.24, 2.45) is 0 Å². The minimum Gasteiger partial charge on any atom is -0.312 e. The Labute approximate surface area is 130 Å². The molecule has 2 rings (SSSR count). The maximum absolute atomic E-state index is 3.51. The summed E-state index contributed by atoms with van der Waals surface area (Å²) < 4.78 is 0. The van der Waals surface area contributed by atoms with Crippen LogP contribution < -0.4 is 5.32 Å². The molecule has 1 aromatic rings. The molecule has 0 radical (unpaired) electrons. The molecule has 0 amide bonds. The largest absolute Gasteiger partial charge is 0.312 e. The van der Waals surface area contributed by atoms with Crippen molar-refractivity contribution in [3.63, 3.8) is 0 Å². The lowest BCUT2D eigenvalue weighted by molar-refractivity contribution is 0.189. The van der Waals surface area contributed by atoms with Crippen LogP contribution in [0.3, 0.4) is 0 Å². The monoisotopic (exact) mass is 288 g/mol. The van der Waals surface area contributed by atoms with Crippen molar-refractivity contribution in [3.05, 3.63) is 35.4 Å². The number of likely N-dealkylation sites (N-methyl/N-ethyl adjacent to an activating group) is 2. The van der Waals surface area contributed by atoms with Crippen LogP contribution in [-0.4, -0.2) is 31.1 Å². The van der Waals surface area contributed by atoms with Gasteiger partial charge in [0.15, 0.2) is 0 Å². The van der Waals surface area contributed by atoms with Crippen LogP contribution in [0.2, 0.25) is 0 Å². The third-order valence-corrected chi connectivity index (χ3v) is 5.02. The fourth-order valence-electron chi connectivity index (χ4n) is 3.52. The zero-order valence-electron chi connectivity index (χ0n) is 14.2. The molecule has 0 aliphatic heterocycles. The molecule has 1 saturated carbocycles. The first-order valence-corrected chi connectivity index (χ1v) is 8.66. The Morgan fingerprint density at radius 3 is 2.14 bits per heavy atom. The highest BCUT2D eigenvalue weighted by Gasteiger charge is 2.23. The predicted octanol–water partition coefficient (Wildman–Crippen LogP) is 4.34. The number of nitrogens with one attached hydrogen (secondary N) is 1. The van der Waals surface area contributed by atoms with Gasteiger partial charge in [0, 0.05) is 18.6 Å². The Hall–Kier alpha value is -0.860. The van der Waals surface area contributed by atoms with Crippen LogP contribution in [0.1, 0.15) is 69.5 Å². The van der Waals surface area contributed by atoms with E-state index >= 15 is 0 Å². The van der Waals surface area contributed by atoms with Gasteiger partial charge in [-0.3, -0.25) is 4.90 Å². The molecular formula is C19H32N2. The summed E-state index contributed by atoms with van der Waals surface area (Å²) in [6, 6.07) is 10.4. The van der Waals surface area contributed by atoms with Crippen LogP contribution in [0, 0.1) is 0 Å². The van der Waals surface area contributed by atoms with Crippen molar-refractivity contribution in [2.45, 2.75) is 64.5 Å². The van der Waals surface area contributed by atoms with E-state index in [4.69, 9.17) is 0 Å². The van der Waals surface area contributed by atoms with E-state index in [1.54, 1.807) is 0 Å². The van der Waals surface area contributed by atoms with Crippen LogP contribution >= 0.6 is 0 Å². The molecular weight excluding hydrogens is 256 g/mol. The van der Waals surface area contributed by atoms with E-state index in [-0.39, 0.29) is 0 Å². The second-order valence-electron chi connectivity index (χ2n) is 6.69. The van der Waals surface area contributed by atoms with E-state index in [1.165, 1.54) is 36.8 Å². The normalized spacial score (nSPS) is 17.8. The third kappa shape index (κ3) is 4.31. The number of benzene rings is 1. The van der Waals surface area contributed by atoms with E-state index < -0.39 is 0 Å². The van der Waals surface area contributed by atoms with Crippen molar-refractivity contribution in [3.8, 4) is 0 Å². The molecule has 1 aromatic carbocycles. The van der Waals surface area contributed by atoms with Gasteiger partial charge in [0.1, 0.15) is 0 Å². The number of hydrogen-bond acceptors (Lipinski definition) is 2. The van der Waals surface area contributed by atoms with Crippen molar-refractivity contribution >= 4 is 0 Å². The first-order chi connectivity index (χ1) is 10.2. The average Bonchev–Trinajstić information content (AvgIpc) is 3.03. The van der Waals surface area contributed by atoms with Crippen LogP contribution in [0.15, 0.2) is 24.3 Å². The second-order valence-corrected chi connectivity index (χ2v) is 6.69. The first-order valence-electron chi connectivity index (χ1n) is 8.66. The fourth-order valence-corrected chi connectivity index (χ4v) is 3.52. The van der Waals surface area contributed by atoms with Crippen molar-refractivity contribution < 1.29 is 0 Å². The van der Waals surface area contributed by atoms with Gasteiger partial charge in [-0.15, -0.1) is 0 Å². The molecule has 2 nitrogen and oxygen atoms in total. The molecule has 2 heteroatoms. The van der Waals surface area contributed by atoms with Gasteiger partial charge in [-0.25, -0.2) is 0 Å². The number of nitrogens with zero attached hydrogens (tertiary/aromatic N) is 1. The summed E-state index contributed by atoms with van der Waals surface area (Å²) in [5.41, 5.74) is 2.84. The van der Waals surface area contributed by atoms with E-state index in [2.05, 4.69) is 62.3 Å². The number of rotatable bonds is 7. The summed E-state index contributed by atoms with van der Waals surface area (Å²) >= 11 is 0. The van der Waals surface area contributed by atoms with E-state index in [0.717, 1.165) is 19.1 Å². The van der Waals surface area contributed by atoms with Gasteiger partial charge in [0.05, 0.1) is 0 Å². The molecule has 0 saturated heterocycles. The highest BCUT2D eigenvalue weighted by atomic mass is 15.2. The molecule has 118 valence electrons. The molecule has 0 spiro atoms. The van der Waals surface area contributed by atoms with Gasteiger partial charge >= 0.3 is 0 Å². The van der Waals surface area contributed by atoms with E-state index in [0.29, 0.717) is 12.0 Å². The average molecular weight is 288 g/mol. The summed E-state index contributed by atoms with van der Waals surface area (Å²) in [6.45, 7) is 9.09. The van der Waals surface area contributed by atoms with Gasteiger partial charge in [0.25, 0.3) is 0 Å². The van der Waals surface area contributed by atoms with Crippen LogP contribution in [0.4, 0.5) is 0 Å². The lowest BCUT2D eigenvalue weighted by Crippen LogP contribution is -2.39. The number of hydrogen-bond donors (Lipinski definition) is 1. The Bertz CT molecular complexity index is 404. The summed E-state index contributed by atoms with van der Waals surface area (Å²) in [4.78, 5) is 2.67. The zero-order valence-corrected chi connectivity index (χ0v) is 14.2. The van der Waals surface area contributed by atoms with Gasteiger partial charge < -0.3 is 5.32 Å².